The fraction of sp³-hybridized carbons (Fsp3) is 0.500. The summed E-state index contributed by atoms with van der Waals surface area (Å²) in [4.78, 5) is 12.4. The van der Waals surface area contributed by atoms with E-state index in [2.05, 4.69) is 10.6 Å². The second kappa shape index (κ2) is 5.40. The maximum absolute atomic E-state index is 12.4. The molecule has 1 aliphatic heterocycles. The van der Waals surface area contributed by atoms with Gasteiger partial charge in [0.1, 0.15) is 0 Å². The number of primary sulfonamides is 1. The standard InChI is InChI=1S/C14H21N3O3S/c1-9-6-11(21(15,19)20)7-12(10(9)2)17-13(18)14(3)4-5-16-8-14/h6-7,16H,4-5,8H2,1-3H3,(H,17,18)(H2,15,19,20). The van der Waals surface area contributed by atoms with E-state index in [0.717, 1.165) is 24.1 Å². The highest BCUT2D eigenvalue weighted by Crippen LogP contribution is 2.29. The summed E-state index contributed by atoms with van der Waals surface area (Å²) in [6.45, 7) is 6.95. The minimum atomic E-state index is -3.80. The topological polar surface area (TPSA) is 101 Å². The van der Waals surface area contributed by atoms with Gasteiger partial charge in [-0.1, -0.05) is 0 Å². The first kappa shape index (κ1) is 15.9. The molecule has 0 spiro atoms. The van der Waals surface area contributed by atoms with Crippen LogP contribution in [0.15, 0.2) is 17.0 Å². The molecule has 1 amide bonds. The van der Waals surface area contributed by atoms with Gasteiger partial charge in [-0.2, -0.15) is 0 Å². The number of sulfonamides is 1. The molecule has 1 atom stereocenters. The smallest absolute Gasteiger partial charge is 0.238 e. The van der Waals surface area contributed by atoms with Crippen molar-refractivity contribution in [3.05, 3.63) is 23.3 Å². The molecule has 0 aliphatic carbocycles. The third-order valence-corrected chi connectivity index (χ3v) is 5.03. The largest absolute Gasteiger partial charge is 0.325 e. The molecule has 1 aliphatic rings. The molecule has 0 aromatic heterocycles. The number of hydrogen-bond acceptors (Lipinski definition) is 4. The lowest BCUT2D eigenvalue weighted by molar-refractivity contribution is -0.123. The predicted molar refractivity (Wildman–Crippen MR) is 81.5 cm³/mol. The zero-order chi connectivity index (χ0) is 15.8. The minimum Gasteiger partial charge on any atom is -0.325 e. The lowest BCUT2D eigenvalue weighted by Crippen LogP contribution is -2.35. The van der Waals surface area contributed by atoms with Crippen LogP contribution < -0.4 is 15.8 Å². The summed E-state index contributed by atoms with van der Waals surface area (Å²) in [5.41, 5.74) is 1.63. The molecule has 0 bridgehead atoms. The van der Waals surface area contributed by atoms with E-state index in [1.54, 1.807) is 6.92 Å². The maximum Gasteiger partial charge on any atom is 0.238 e. The van der Waals surface area contributed by atoms with Gasteiger partial charge in [0, 0.05) is 12.2 Å². The van der Waals surface area contributed by atoms with Crippen molar-refractivity contribution in [2.45, 2.75) is 32.1 Å². The fourth-order valence-electron chi connectivity index (χ4n) is 2.40. The van der Waals surface area contributed by atoms with E-state index in [1.165, 1.54) is 12.1 Å². The van der Waals surface area contributed by atoms with Crippen LogP contribution in [0.25, 0.3) is 0 Å². The van der Waals surface area contributed by atoms with Crippen molar-refractivity contribution in [3.8, 4) is 0 Å². The molecule has 1 heterocycles. The average molecular weight is 311 g/mol. The Morgan fingerprint density at radius 1 is 1.38 bits per heavy atom. The van der Waals surface area contributed by atoms with E-state index in [-0.39, 0.29) is 10.8 Å². The van der Waals surface area contributed by atoms with Gasteiger partial charge in [-0.25, -0.2) is 13.6 Å². The Morgan fingerprint density at radius 3 is 2.57 bits per heavy atom. The van der Waals surface area contributed by atoms with Crippen LogP contribution in [-0.2, 0) is 14.8 Å². The maximum atomic E-state index is 12.4. The number of nitrogens with two attached hydrogens (primary N) is 1. The lowest BCUT2D eigenvalue weighted by Gasteiger charge is -2.23. The summed E-state index contributed by atoms with van der Waals surface area (Å²) in [7, 11) is -3.80. The van der Waals surface area contributed by atoms with Crippen LogP contribution in [0.5, 0.6) is 0 Å². The van der Waals surface area contributed by atoms with Crippen LogP contribution in [0, 0.1) is 19.3 Å². The molecule has 4 N–H and O–H groups in total. The summed E-state index contributed by atoms with van der Waals surface area (Å²) < 4.78 is 23.0. The number of carbonyl (C=O) groups is 1. The number of carbonyl (C=O) groups excluding carboxylic acids is 1. The number of nitrogens with one attached hydrogen (secondary N) is 2. The van der Waals surface area contributed by atoms with Gasteiger partial charge >= 0.3 is 0 Å². The molecule has 6 nitrogen and oxygen atoms in total. The van der Waals surface area contributed by atoms with Crippen LogP contribution in [0.2, 0.25) is 0 Å². The molecule has 0 saturated carbocycles. The number of hydrogen-bond donors (Lipinski definition) is 3. The molecule has 1 aromatic rings. The van der Waals surface area contributed by atoms with Crippen LogP contribution in [0.3, 0.4) is 0 Å². The van der Waals surface area contributed by atoms with Crippen molar-refractivity contribution in [2.75, 3.05) is 18.4 Å². The van der Waals surface area contributed by atoms with Crippen LogP contribution in [0.1, 0.15) is 24.5 Å². The first-order valence-electron chi connectivity index (χ1n) is 6.80. The highest BCUT2D eigenvalue weighted by molar-refractivity contribution is 7.89. The molecule has 1 saturated heterocycles. The van der Waals surface area contributed by atoms with Crippen molar-refractivity contribution in [2.24, 2.45) is 10.6 Å². The Bertz CT molecular complexity index is 677. The summed E-state index contributed by atoms with van der Waals surface area (Å²) in [6, 6.07) is 2.93. The number of anilines is 1. The van der Waals surface area contributed by atoms with E-state index in [1.807, 2.05) is 13.8 Å². The van der Waals surface area contributed by atoms with Crippen LogP contribution >= 0.6 is 0 Å². The van der Waals surface area contributed by atoms with Crippen molar-refractivity contribution >= 4 is 21.6 Å². The van der Waals surface area contributed by atoms with Gasteiger partial charge in [-0.15, -0.1) is 0 Å². The Labute approximate surface area is 125 Å². The molecule has 1 unspecified atom stereocenters. The van der Waals surface area contributed by atoms with Crippen LogP contribution in [0.4, 0.5) is 5.69 Å². The monoisotopic (exact) mass is 311 g/mol. The number of rotatable bonds is 3. The molecule has 2 rings (SSSR count). The molecule has 0 radical (unpaired) electrons. The summed E-state index contributed by atoms with van der Waals surface area (Å²) in [5, 5.41) is 11.2. The fourth-order valence-corrected chi connectivity index (χ4v) is 3.03. The third-order valence-electron chi connectivity index (χ3n) is 4.13. The van der Waals surface area contributed by atoms with Gasteiger partial charge in [0.2, 0.25) is 15.9 Å². The number of amides is 1. The molecular weight excluding hydrogens is 290 g/mol. The van der Waals surface area contributed by atoms with Crippen LogP contribution in [-0.4, -0.2) is 27.4 Å². The molecule has 1 aromatic carbocycles. The van der Waals surface area contributed by atoms with Gasteiger partial charge in [0.15, 0.2) is 0 Å². The van der Waals surface area contributed by atoms with Gasteiger partial charge in [0.05, 0.1) is 10.3 Å². The summed E-state index contributed by atoms with van der Waals surface area (Å²) in [6.07, 6.45) is 0.756. The van der Waals surface area contributed by atoms with Gasteiger partial charge < -0.3 is 10.6 Å². The van der Waals surface area contributed by atoms with E-state index >= 15 is 0 Å². The first-order valence-corrected chi connectivity index (χ1v) is 8.34. The third kappa shape index (κ3) is 3.25. The highest BCUT2D eigenvalue weighted by Gasteiger charge is 2.36. The Kier molecular flexibility index (Phi) is 4.10. The summed E-state index contributed by atoms with van der Waals surface area (Å²) >= 11 is 0. The quantitative estimate of drug-likeness (QED) is 0.771. The van der Waals surface area contributed by atoms with E-state index in [0.29, 0.717) is 12.2 Å². The first-order chi connectivity index (χ1) is 9.63. The second-order valence-corrected chi connectivity index (χ2v) is 7.46. The zero-order valence-corrected chi connectivity index (χ0v) is 13.3. The lowest BCUT2D eigenvalue weighted by atomic mass is 9.88. The van der Waals surface area contributed by atoms with Crippen molar-refractivity contribution in [1.82, 2.24) is 5.32 Å². The van der Waals surface area contributed by atoms with Gasteiger partial charge in [0.25, 0.3) is 0 Å². The number of aryl methyl sites for hydroxylation is 1. The zero-order valence-electron chi connectivity index (χ0n) is 12.5. The van der Waals surface area contributed by atoms with E-state index in [9.17, 15) is 13.2 Å². The molecule has 7 heteroatoms. The molecule has 21 heavy (non-hydrogen) atoms. The number of benzene rings is 1. The Balaban J connectivity index is 2.36. The minimum absolute atomic E-state index is 0.00981. The Morgan fingerprint density at radius 2 is 2.05 bits per heavy atom. The molecule has 1 fully saturated rings. The second-order valence-electron chi connectivity index (χ2n) is 5.90. The van der Waals surface area contributed by atoms with Crippen molar-refractivity contribution < 1.29 is 13.2 Å². The molecular formula is C14H21N3O3S. The van der Waals surface area contributed by atoms with Crippen molar-refractivity contribution in [1.29, 1.82) is 0 Å². The van der Waals surface area contributed by atoms with Crippen molar-refractivity contribution in [3.63, 3.8) is 0 Å². The van der Waals surface area contributed by atoms with Gasteiger partial charge in [-0.3, -0.25) is 4.79 Å². The van der Waals surface area contributed by atoms with E-state index in [4.69, 9.17) is 5.14 Å². The SMILES string of the molecule is Cc1cc(S(N)(=O)=O)cc(NC(=O)C2(C)CCNC2)c1C. The average Bonchev–Trinajstić information content (AvgIpc) is 2.81. The Hall–Kier alpha value is -1.44. The highest BCUT2D eigenvalue weighted by atomic mass is 32.2. The molecule has 116 valence electrons. The normalized spacial score (nSPS) is 22.3. The van der Waals surface area contributed by atoms with Gasteiger partial charge in [-0.05, 0) is 57.0 Å². The van der Waals surface area contributed by atoms with E-state index < -0.39 is 15.4 Å². The summed E-state index contributed by atoms with van der Waals surface area (Å²) in [5.74, 6) is -0.110. The predicted octanol–water partition coefficient (Wildman–Crippen LogP) is 0.889.